The van der Waals surface area contributed by atoms with E-state index in [2.05, 4.69) is 15.4 Å². The summed E-state index contributed by atoms with van der Waals surface area (Å²) in [6, 6.07) is 10.2. The van der Waals surface area contributed by atoms with Crippen LogP contribution in [-0.2, 0) is 21.3 Å². The molecule has 0 bridgehead atoms. The molecule has 0 saturated carbocycles. The van der Waals surface area contributed by atoms with Crippen molar-refractivity contribution in [2.75, 3.05) is 19.0 Å². The first kappa shape index (κ1) is 24.2. The van der Waals surface area contributed by atoms with E-state index in [9.17, 15) is 22.8 Å². The Morgan fingerprint density at radius 2 is 1.82 bits per heavy atom. The van der Waals surface area contributed by atoms with Crippen molar-refractivity contribution in [1.29, 1.82) is 0 Å². The predicted molar refractivity (Wildman–Crippen MR) is 121 cm³/mol. The Labute approximate surface area is 194 Å². The minimum Gasteiger partial charge on any atom is -0.468 e. The zero-order valence-electron chi connectivity index (χ0n) is 17.7. The molecular weight excluding hydrogens is 470 g/mol. The number of ether oxygens (including phenoxy) is 1. The highest BCUT2D eigenvalue weighted by Gasteiger charge is 2.23. The highest BCUT2D eigenvalue weighted by Crippen LogP contribution is 2.24. The van der Waals surface area contributed by atoms with Crippen LogP contribution in [0.15, 0.2) is 63.4 Å². The van der Waals surface area contributed by atoms with Crippen LogP contribution in [0.2, 0.25) is 0 Å². The number of amides is 3. The van der Waals surface area contributed by atoms with Gasteiger partial charge in [0.25, 0.3) is 11.8 Å². The summed E-state index contributed by atoms with van der Waals surface area (Å²) in [7, 11) is -2.37. The molecule has 0 saturated heterocycles. The second kappa shape index (κ2) is 10.4. The lowest BCUT2D eigenvalue weighted by Crippen LogP contribution is -2.31. The molecule has 3 aromatic rings. The summed E-state index contributed by atoms with van der Waals surface area (Å²) >= 11 is 1.10. The Bertz CT molecular complexity index is 1230. The molecule has 3 rings (SSSR count). The number of carbonyl (C=O) groups excluding carboxylic acids is 3. The first-order valence-corrected chi connectivity index (χ1v) is 12.0. The van der Waals surface area contributed by atoms with Gasteiger partial charge in [0.05, 0.1) is 29.9 Å². The second-order valence-corrected chi connectivity index (χ2v) is 9.62. The molecular formula is C21H21N3O7S2. The van der Waals surface area contributed by atoms with Crippen molar-refractivity contribution < 1.29 is 32.0 Å². The largest absolute Gasteiger partial charge is 0.468 e. The van der Waals surface area contributed by atoms with E-state index in [0.717, 1.165) is 15.6 Å². The first-order valence-electron chi connectivity index (χ1n) is 9.68. The smallest absolute Gasteiger partial charge is 0.414 e. The summed E-state index contributed by atoms with van der Waals surface area (Å²) < 4.78 is 36.5. The van der Waals surface area contributed by atoms with Gasteiger partial charge in [-0.15, -0.1) is 11.3 Å². The van der Waals surface area contributed by atoms with Crippen molar-refractivity contribution in [2.24, 2.45) is 0 Å². The summed E-state index contributed by atoms with van der Waals surface area (Å²) in [4.78, 5) is 36.3. The van der Waals surface area contributed by atoms with Crippen molar-refractivity contribution >= 4 is 44.3 Å². The molecule has 10 nitrogen and oxygen atoms in total. The molecule has 33 heavy (non-hydrogen) atoms. The number of hydrogen-bond donors (Lipinski definition) is 2. The number of anilines is 1. The summed E-state index contributed by atoms with van der Waals surface area (Å²) in [5.74, 6) is -0.766. The molecule has 0 aliphatic heterocycles. The number of thiophene rings is 1. The van der Waals surface area contributed by atoms with E-state index in [1.807, 2.05) is 0 Å². The number of carbonyl (C=O) groups is 3. The van der Waals surface area contributed by atoms with Crippen molar-refractivity contribution in [1.82, 2.24) is 9.62 Å². The number of hydrogen-bond acceptors (Lipinski definition) is 8. The maximum Gasteiger partial charge on any atom is 0.414 e. The number of benzene rings is 1. The molecule has 3 amide bonds. The van der Waals surface area contributed by atoms with Crippen molar-refractivity contribution in [2.45, 2.75) is 18.4 Å². The molecule has 0 atom stereocenters. The Morgan fingerprint density at radius 1 is 1.09 bits per heavy atom. The zero-order valence-corrected chi connectivity index (χ0v) is 19.4. The minimum absolute atomic E-state index is 0.0127. The molecule has 2 heterocycles. The quantitative estimate of drug-likeness (QED) is 0.494. The molecule has 12 heteroatoms. The summed E-state index contributed by atoms with van der Waals surface area (Å²) in [6.07, 6.45) is 0.572. The van der Waals surface area contributed by atoms with Gasteiger partial charge < -0.3 is 14.5 Å². The van der Waals surface area contributed by atoms with Crippen molar-refractivity contribution in [3.63, 3.8) is 0 Å². The summed E-state index contributed by atoms with van der Waals surface area (Å²) in [6.45, 7) is 1.78. The third-order valence-electron chi connectivity index (χ3n) is 4.41. The van der Waals surface area contributed by atoms with Crippen LogP contribution in [0.25, 0.3) is 0 Å². The topological polar surface area (TPSA) is 135 Å². The Morgan fingerprint density at radius 3 is 2.45 bits per heavy atom. The molecule has 0 radical (unpaired) electrons. The zero-order chi connectivity index (χ0) is 24.0. The molecule has 0 aliphatic rings. The second-order valence-electron chi connectivity index (χ2n) is 6.66. The van der Waals surface area contributed by atoms with Gasteiger partial charge in [0, 0.05) is 12.6 Å². The van der Waals surface area contributed by atoms with E-state index in [0.29, 0.717) is 5.76 Å². The highest BCUT2D eigenvalue weighted by molar-refractivity contribution is 7.89. The number of rotatable bonds is 8. The van der Waals surface area contributed by atoms with Gasteiger partial charge in [-0.05, 0) is 54.8 Å². The molecule has 0 aliphatic carbocycles. The van der Waals surface area contributed by atoms with Gasteiger partial charge in [-0.2, -0.15) is 4.31 Å². The molecule has 1 aromatic carbocycles. The van der Waals surface area contributed by atoms with Gasteiger partial charge in [0.1, 0.15) is 10.8 Å². The van der Waals surface area contributed by atoms with Crippen LogP contribution < -0.4 is 10.6 Å². The van der Waals surface area contributed by atoms with Gasteiger partial charge in [0.15, 0.2) is 0 Å². The van der Waals surface area contributed by atoms with E-state index in [1.54, 1.807) is 24.4 Å². The lowest BCUT2D eigenvalue weighted by atomic mass is 10.2. The molecule has 2 aromatic heterocycles. The van der Waals surface area contributed by atoms with Gasteiger partial charge in [-0.1, -0.05) is 0 Å². The normalized spacial score (nSPS) is 11.2. The third kappa shape index (κ3) is 5.86. The number of imide groups is 1. The molecule has 2 N–H and O–H groups in total. The van der Waals surface area contributed by atoms with Crippen molar-refractivity contribution in [3.8, 4) is 0 Å². The third-order valence-corrected chi connectivity index (χ3v) is 7.06. The maximum atomic E-state index is 12.8. The van der Waals surface area contributed by atoms with Gasteiger partial charge in [0.2, 0.25) is 10.0 Å². The average Bonchev–Trinajstić information content (AvgIpc) is 3.46. The van der Waals surface area contributed by atoms with Crippen LogP contribution in [0, 0.1) is 0 Å². The Balaban J connectivity index is 1.68. The van der Waals surface area contributed by atoms with E-state index in [-0.39, 0.29) is 34.2 Å². The number of sulfonamides is 1. The lowest BCUT2D eigenvalue weighted by Gasteiger charge is -2.16. The van der Waals surface area contributed by atoms with Crippen LogP contribution >= 0.6 is 11.3 Å². The number of nitrogens with zero attached hydrogens (tertiary/aromatic N) is 1. The van der Waals surface area contributed by atoms with Crippen LogP contribution in [0.4, 0.5) is 9.80 Å². The fourth-order valence-corrected chi connectivity index (χ4v) is 4.67. The van der Waals surface area contributed by atoms with Crippen LogP contribution in [-0.4, -0.2) is 44.3 Å². The van der Waals surface area contributed by atoms with Crippen LogP contribution in [0.1, 0.15) is 33.4 Å². The molecule has 0 spiro atoms. The Hall–Kier alpha value is -3.48. The predicted octanol–water partition coefficient (Wildman–Crippen LogP) is 3.30. The number of nitrogens with one attached hydrogen (secondary N) is 2. The van der Waals surface area contributed by atoms with Crippen LogP contribution in [0.3, 0.4) is 0 Å². The highest BCUT2D eigenvalue weighted by atomic mass is 32.2. The molecule has 174 valence electrons. The first-order chi connectivity index (χ1) is 15.7. The van der Waals surface area contributed by atoms with Gasteiger partial charge in [-0.3, -0.25) is 14.9 Å². The monoisotopic (exact) mass is 491 g/mol. The average molecular weight is 492 g/mol. The van der Waals surface area contributed by atoms with E-state index in [1.165, 1.54) is 43.6 Å². The lowest BCUT2D eigenvalue weighted by molar-refractivity contribution is 0.0926. The van der Waals surface area contributed by atoms with E-state index in [4.69, 9.17) is 4.42 Å². The molecule has 0 unspecified atom stereocenters. The fourth-order valence-electron chi connectivity index (χ4n) is 2.75. The number of furan rings is 1. The van der Waals surface area contributed by atoms with E-state index < -0.39 is 27.9 Å². The standard InChI is InChI=1S/C21H21N3O7S2/c1-3-30-21(27)23-19(26)17-10-12-32-20(17)22-18(25)14-6-8-16(9-7-14)33(28,29)24(2)13-15-5-4-11-31-15/h4-12H,3,13H2,1-2H3,(H,22,25)(H,23,26,27). The maximum absolute atomic E-state index is 12.8. The molecule has 0 fully saturated rings. The van der Waals surface area contributed by atoms with E-state index >= 15 is 0 Å². The Kier molecular flexibility index (Phi) is 7.63. The van der Waals surface area contributed by atoms with Gasteiger partial charge in [-0.25, -0.2) is 13.2 Å². The summed E-state index contributed by atoms with van der Waals surface area (Å²) in [5.41, 5.74) is 0.285. The number of alkyl carbamates (subject to hydrolysis) is 1. The fraction of sp³-hybridized carbons (Fsp3) is 0.190. The van der Waals surface area contributed by atoms with Crippen molar-refractivity contribution in [3.05, 3.63) is 71.0 Å². The minimum atomic E-state index is -3.79. The van der Waals surface area contributed by atoms with Crippen LogP contribution in [0.5, 0.6) is 0 Å². The summed E-state index contributed by atoms with van der Waals surface area (Å²) in [5, 5.41) is 6.48. The van der Waals surface area contributed by atoms with Gasteiger partial charge >= 0.3 is 6.09 Å². The SMILES string of the molecule is CCOC(=O)NC(=O)c1ccsc1NC(=O)c1ccc(S(=O)(=O)N(C)Cc2ccco2)cc1.